The summed E-state index contributed by atoms with van der Waals surface area (Å²) >= 11 is 0. The Balaban J connectivity index is 1.60. The number of piperidine rings is 1. The molecule has 3 rings (SSSR count). The van der Waals surface area contributed by atoms with E-state index in [1.165, 1.54) is 5.56 Å². The van der Waals surface area contributed by atoms with Crippen LogP contribution >= 0.6 is 0 Å². The van der Waals surface area contributed by atoms with Gasteiger partial charge in [0.1, 0.15) is 5.75 Å². The van der Waals surface area contributed by atoms with E-state index in [9.17, 15) is 4.79 Å². The molecule has 1 atom stereocenters. The summed E-state index contributed by atoms with van der Waals surface area (Å²) in [6, 6.07) is 8.80. The predicted octanol–water partition coefficient (Wildman–Crippen LogP) is 2.46. The molecule has 5 heteroatoms. The third-order valence-electron chi connectivity index (χ3n) is 4.49. The first-order chi connectivity index (χ1) is 11.1. The van der Waals surface area contributed by atoms with Crippen LogP contribution in [-0.4, -0.2) is 54.2 Å². The molecule has 1 aromatic carbocycles. The third kappa shape index (κ3) is 4.16. The average molecular weight is 317 g/mol. The zero-order valence-electron chi connectivity index (χ0n) is 14.1. The second kappa shape index (κ2) is 7.21. The molecular formula is C18H27N3O2. The molecule has 1 aromatic rings. The van der Waals surface area contributed by atoms with Crippen LogP contribution < -0.4 is 10.1 Å². The normalized spacial score (nSPS) is 22.5. The lowest BCUT2D eigenvalue weighted by atomic mass is 10.0. The van der Waals surface area contributed by atoms with Crippen LogP contribution in [0.25, 0.3) is 0 Å². The summed E-state index contributed by atoms with van der Waals surface area (Å²) in [7, 11) is 0. The van der Waals surface area contributed by atoms with Gasteiger partial charge in [0, 0.05) is 32.2 Å². The maximum Gasteiger partial charge on any atom is 0.317 e. The van der Waals surface area contributed by atoms with Gasteiger partial charge in [-0.2, -0.15) is 0 Å². The standard InChI is InChI=1S/C18H27N3O2/c1-14(2)23-17-7-3-5-15(11-17)12-20-9-4-6-16(13-20)21-10-8-19-18(21)22/h3,5,7,11,14,16H,4,6,8-10,12-13H2,1-2H3,(H,19,22). The summed E-state index contributed by atoms with van der Waals surface area (Å²) in [5.74, 6) is 0.935. The zero-order valence-corrected chi connectivity index (χ0v) is 14.1. The summed E-state index contributed by atoms with van der Waals surface area (Å²) in [5, 5.41) is 2.91. The molecule has 0 radical (unpaired) electrons. The molecule has 2 saturated heterocycles. The third-order valence-corrected chi connectivity index (χ3v) is 4.49. The number of ether oxygens (including phenoxy) is 1. The molecule has 2 fully saturated rings. The number of likely N-dealkylation sites (tertiary alicyclic amines) is 1. The van der Waals surface area contributed by atoms with Crippen molar-refractivity contribution in [1.29, 1.82) is 0 Å². The van der Waals surface area contributed by atoms with Crippen LogP contribution in [0.5, 0.6) is 5.75 Å². The van der Waals surface area contributed by atoms with Crippen LogP contribution in [0.15, 0.2) is 24.3 Å². The smallest absolute Gasteiger partial charge is 0.317 e. The fourth-order valence-electron chi connectivity index (χ4n) is 3.51. The highest BCUT2D eigenvalue weighted by Crippen LogP contribution is 2.21. The highest BCUT2D eigenvalue weighted by atomic mass is 16.5. The fourth-order valence-corrected chi connectivity index (χ4v) is 3.51. The Morgan fingerprint density at radius 1 is 1.35 bits per heavy atom. The molecule has 2 aliphatic rings. The van der Waals surface area contributed by atoms with Crippen molar-refractivity contribution >= 4 is 6.03 Å². The topological polar surface area (TPSA) is 44.8 Å². The summed E-state index contributed by atoms with van der Waals surface area (Å²) in [6.07, 6.45) is 2.45. The van der Waals surface area contributed by atoms with E-state index in [4.69, 9.17) is 4.74 Å². The minimum absolute atomic E-state index is 0.101. The SMILES string of the molecule is CC(C)Oc1cccc(CN2CCCC(N3CCNC3=O)C2)c1. The lowest BCUT2D eigenvalue weighted by Crippen LogP contribution is -2.48. The van der Waals surface area contributed by atoms with Crippen molar-refractivity contribution in [1.82, 2.24) is 15.1 Å². The van der Waals surface area contributed by atoms with Crippen LogP contribution in [0.2, 0.25) is 0 Å². The number of carbonyl (C=O) groups is 1. The van der Waals surface area contributed by atoms with Gasteiger partial charge in [0.05, 0.1) is 6.10 Å². The molecule has 0 saturated carbocycles. The largest absolute Gasteiger partial charge is 0.491 e. The van der Waals surface area contributed by atoms with Crippen molar-refractivity contribution in [3.05, 3.63) is 29.8 Å². The number of nitrogens with one attached hydrogen (secondary N) is 1. The minimum Gasteiger partial charge on any atom is -0.491 e. The van der Waals surface area contributed by atoms with Crippen molar-refractivity contribution in [2.24, 2.45) is 0 Å². The maximum absolute atomic E-state index is 11.9. The Labute approximate surface area is 138 Å². The number of urea groups is 1. The van der Waals surface area contributed by atoms with Gasteiger partial charge in [0.25, 0.3) is 0 Å². The average Bonchev–Trinajstić information content (AvgIpc) is 2.93. The van der Waals surface area contributed by atoms with Gasteiger partial charge < -0.3 is 15.0 Å². The molecular weight excluding hydrogens is 290 g/mol. The van der Waals surface area contributed by atoms with Crippen LogP contribution in [0, 0.1) is 0 Å². The molecule has 0 bridgehead atoms. The van der Waals surface area contributed by atoms with Crippen LogP contribution in [0.1, 0.15) is 32.3 Å². The van der Waals surface area contributed by atoms with E-state index in [-0.39, 0.29) is 12.1 Å². The van der Waals surface area contributed by atoms with E-state index >= 15 is 0 Å². The lowest BCUT2D eigenvalue weighted by molar-refractivity contribution is 0.122. The van der Waals surface area contributed by atoms with E-state index in [1.54, 1.807) is 0 Å². The molecule has 5 nitrogen and oxygen atoms in total. The molecule has 1 N–H and O–H groups in total. The summed E-state index contributed by atoms with van der Waals surface area (Å²) in [4.78, 5) is 16.3. The van der Waals surface area contributed by atoms with Crippen LogP contribution in [0.3, 0.4) is 0 Å². The number of hydrogen-bond acceptors (Lipinski definition) is 3. The zero-order chi connectivity index (χ0) is 16.2. The van der Waals surface area contributed by atoms with Gasteiger partial charge in [-0.15, -0.1) is 0 Å². The summed E-state index contributed by atoms with van der Waals surface area (Å²) in [5.41, 5.74) is 1.27. The van der Waals surface area contributed by atoms with E-state index in [2.05, 4.69) is 28.4 Å². The van der Waals surface area contributed by atoms with Gasteiger partial charge in [0.2, 0.25) is 0 Å². The van der Waals surface area contributed by atoms with Crippen molar-refractivity contribution in [3.63, 3.8) is 0 Å². The Morgan fingerprint density at radius 2 is 2.22 bits per heavy atom. The second-order valence-electron chi connectivity index (χ2n) is 6.77. The van der Waals surface area contributed by atoms with Gasteiger partial charge in [-0.3, -0.25) is 4.90 Å². The lowest BCUT2D eigenvalue weighted by Gasteiger charge is -2.37. The molecule has 0 aromatic heterocycles. The van der Waals surface area contributed by atoms with E-state index < -0.39 is 0 Å². The second-order valence-corrected chi connectivity index (χ2v) is 6.77. The Kier molecular flexibility index (Phi) is 5.06. The number of amides is 2. The number of nitrogens with zero attached hydrogens (tertiary/aromatic N) is 2. The van der Waals surface area contributed by atoms with Gasteiger partial charge in [-0.25, -0.2) is 4.79 Å². The maximum atomic E-state index is 11.9. The van der Waals surface area contributed by atoms with Crippen LogP contribution in [-0.2, 0) is 6.54 Å². The van der Waals surface area contributed by atoms with E-state index in [0.717, 1.165) is 51.3 Å². The number of carbonyl (C=O) groups excluding carboxylic acids is 1. The van der Waals surface area contributed by atoms with E-state index in [0.29, 0.717) is 6.04 Å². The molecule has 1 unspecified atom stereocenters. The first kappa shape index (κ1) is 16.1. The molecule has 0 spiro atoms. The monoisotopic (exact) mass is 317 g/mol. The fraction of sp³-hybridized carbons (Fsp3) is 0.611. The molecule has 2 amide bonds. The van der Waals surface area contributed by atoms with Crippen molar-refractivity contribution in [3.8, 4) is 5.75 Å². The summed E-state index contributed by atoms with van der Waals surface area (Å²) in [6.45, 7) is 8.69. The quantitative estimate of drug-likeness (QED) is 0.907. The Bertz CT molecular complexity index is 547. The van der Waals surface area contributed by atoms with Crippen molar-refractivity contribution in [2.45, 2.75) is 45.4 Å². The van der Waals surface area contributed by atoms with Gasteiger partial charge in [0.15, 0.2) is 0 Å². The van der Waals surface area contributed by atoms with Gasteiger partial charge in [-0.05, 0) is 50.9 Å². The molecule has 23 heavy (non-hydrogen) atoms. The first-order valence-electron chi connectivity index (χ1n) is 8.64. The molecule has 2 aliphatic heterocycles. The number of hydrogen-bond donors (Lipinski definition) is 1. The van der Waals surface area contributed by atoms with Gasteiger partial charge in [-0.1, -0.05) is 12.1 Å². The molecule has 2 heterocycles. The summed E-state index contributed by atoms with van der Waals surface area (Å²) < 4.78 is 5.78. The highest BCUT2D eigenvalue weighted by Gasteiger charge is 2.31. The molecule has 126 valence electrons. The first-order valence-corrected chi connectivity index (χ1v) is 8.64. The van der Waals surface area contributed by atoms with Crippen molar-refractivity contribution < 1.29 is 9.53 Å². The van der Waals surface area contributed by atoms with Crippen molar-refractivity contribution in [2.75, 3.05) is 26.2 Å². The predicted molar refractivity (Wildman–Crippen MR) is 90.6 cm³/mol. The van der Waals surface area contributed by atoms with Crippen LogP contribution in [0.4, 0.5) is 4.79 Å². The Hall–Kier alpha value is -1.75. The number of rotatable bonds is 5. The number of benzene rings is 1. The Morgan fingerprint density at radius 3 is 2.96 bits per heavy atom. The van der Waals surface area contributed by atoms with E-state index in [1.807, 2.05) is 24.8 Å². The highest BCUT2D eigenvalue weighted by molar-refractivity contribution is 5.76. The molecule has 0 aliphatic carbocycles. The minimum atomic E-state index is 0.101. The van der Waals surface area contributed by atoms with Gasteiger partial charge >= 0.3 is 6.03 Å².